The zero-order valence-corrected chi connectivity index (χ0v) is 17.3. The smallest absolute Gasteiger partial charge is 0.195 e. The van der Waals surface area contributed by atoms with Gasteiger partial charge in [-0.25, -0.2) is 8.42 Å². The summed E-state index contributed by atoms with van der Waals surface area (Å²) in [6, 6.07) is 7.15. The minimum Gasteiger partial charge on any atom is -0.314 e. The van der Waals surface area contributed by atoms with E-state index in [1.807, 2.05) is 33.8 Å². The van der Waals surface area contributed by atoms with Crippen LogP contribution in [0.25, 0.3) is 10.9 Å². The number of H-pyrrole nitrogens is 1. The number of nitrogens with one attached hydrogen (secondary N) is 2. The summed E-state index contributed by atoms with van der Waals surface area (Å²) in [5.41, 5.74) is 0.680. The Balaban J connectivity index is 0.000000441. The van der Waals surface area contributed by atoms with Crippen LogP contribution in [0.4, 0.5) is 0 Å². The van der Waals surface area contributed by atoms with E-state index in [9.17, 15) is 8.42 Å². The van der Waals surface area contributed by atoms with Crippen molar-refractivity contribution < 1.29 is 8.42 Å². The van der Waals surface area contributed by atoms with Gasteiger partial charge >= 0.3 is 0 Å². The fraction of sp³-hybridized carbons (Fsp3) is 0.611. The Labute approximate surface area is 152 Å². The van der Waals surface area contributed by atoms with E-state index in [0.29, 0.717) is 10.9 Å². The first-order valence-electron chi connectivity index (χ1n) is 9.09. The van der Waals surface area contributed by atoms with Crippen molar-refractivity contribution in [1.29, 1.82) is 0 Å². The van der Waals surface area contributed by atoms with Crippen molar-refractivity contribution in [2.24, 2.45) is 0 Å². The molecule has 6 nitrogen and oxygen atoms in total. The molecule has 0 aliphatic carbocycles. The maximum absolute atomic E-state index is 11.6. The number of aromatic nitrogens is 2. The Morgan fingerprint density at radius 2 is 1.64 bits per heavy atom. The van der Waals surface area contributed by atoms with Crippen LogP contribution < -0.4 is 5.32 Å². The van der Waals surface area contributed by atoms with Gasteiger partial charge in [-0.05, 0) is 19.2 Å². The van der Waals surface area contributed by atoms with Gasteiger partial charge in [0, 0.05) is 31.6 Å². The maximum atomic E-state index is 11.6. The van der Waals surface area contributed by atoms with Gasteiger partial charge < -0.3 is 10.2 Å². The number of likely N-dealkylation sites (N-methyl/N-ethyl adjacent to an activating group) is 1. The molecule has 1 saturated heterocycles. The lowest BCUT2D eigenvalue weighted by Crippen LogP contribution is -2.40. The molecule has 144 valence electrons. The largest absolute Gasteiger partial charge is 0.314 e. The molecule has 0 spiro atoms. The normalized spacial score (nSPS) is 14.3. The summed E-state index contributed by atoms with van der Waals surface area (Å²) in [6.07, 6.45) is 0. The molecule has 1 aliphatic heterocycles. The first-order valence-corrected chi connectivity index (χ1v) is 10.7. The van der Waals surface area contributed by atoms with Crippen LogP contribution in [-0.4, -0.2) is 62.5 Å². The molecule has 0 unspecified atom stereocenters. The van der Waals surface area contributed by atoms with E-state index >= 15 is 0 Å². The second kappa shape index (κ2) is 12.9. The van der Waals surface area contributed by atoms with Gasteiger partial charge in [0.05, 0.1) is 11.3 Å². The van der Waals surface area contributed by atoms with Crippen LogP contribution in [-0.2, 0) is 9.84 Å². The molecular formula is C18H34N4O2S. The lowest BCUT2D eigenvalue weighted by molar-refractivity contribution is 0.291. The van der Waals surface area contributed by atoms with E-state index in [1.165, 1.54) is 13.1 Å². The summed E-state index contributed by atoms with van der Waals surface area (Å²) in [6.45, 7) is 14.4. The highest BCUT2D eigenvalue weighted by molar-refractivity contribution is 7.91. The third-order valence-corrected chi connectivity index (χ3v) is 5.15. The molecule has 1 aromatic carbocycles. The second-order valence-corrected chi connectivity index (χ2v) is 7.24. The van der Waals surface area contributed by atoms with Gasteiger partial charge in [0.15, 0.2) is 14.9 Å². The van der Waals surface area contributed by atoms with Crippen LogP contribution in [0.1, 0.15) is 34.6 Å². The number of aromatic amines is 1. The maximum Gasteiger partial charge on any atom is 0.195 e. The number of benzene rings is 1. The van der Waals surface area contributed by atoms with E-state index in [4.69, 9.17) is 0 Å². The zero-order chi connectivity index (χ0) is 19.3. The number of para-hydroxylation sites is 1. The molecule has 25 heavy (non-hydrogen) atoms. The summed E-state index contributed by atoms with van der Waals surface area (Å²) in [7, 11) is -1.05. The van der Waals surface area contributed by atoms with Gasteiger partial charge in [0.2, 0.25) is 0 Å². The van der Waals surface area contributed by atoms with Crippen LogP contribution in [0.5, 0.6) is 0 Å². The number of hydrogen-bond donors (Lipinski definition) is 2. The molecule has 2 heterocycles. The highest BCUT2D eigenvalue weighted by Crippen LogP contribution is 2.20. The molecule has 1 aromatic heterocycles. The van der Waals surface area contributed by atoms with Crippen LogP contribution in [0.15, 0.2) is 29.3 Å². The van der Waals surface area contributed by atoms with Crippen molar-refractivity contribution in [3.05, 3.63) is 24.3 Å². The first-order chi connectivity index (χ1) is 12.0. The SMILES string of the molecule is CC.CC.CCS(=O)(=O)c1[nH]nc2ccccc12.CN1CCNCC1. The average molecular weight is 371 g/mol. The van der Waals surface area contributed by atoms with Gasteiger partial charge in [-0.15, -0.1) is 0 Å². The Kier molecular flexibility index (Phi) is 12.1. The quantitative estimate of drug-likeness (QED) is 0.850. The Morgan fingerprint density at radius 3 is 2.12 bits per heavy atom. The Bertz CT molecular complexity index is 677. The first kappa shape index (κ1) is 23.6. The van der Waals surface area contributed by atoms with Gasteiger partial charge in [0.1, 0.15) is 0 Å². The van der Waals surface area contributed by atoms with Gasteiger partial charge in [-0.3, -0.25) is 5.10 Å². The number of sulfone groups is 1. The molecule has 2 N–H and O–H groups in total. The van der Waals surface area contributed by atoms with Gasteiger partial charge in [0.25, 0.3) is 0 Å². The number of piperazine rings is 1. The molecule has 0 radical (unpaired) electrons. The van der Waals surface area contributed by atoms with Crippen molar-refractivity contribution in [2.75, 3.05) is 39.0 Å². The monoisotopic (exact) mass is 370 g/mol. The van der Waals surface area contributed by atoms with E-state index < -0.39 is 9.84 Å². The third-order valence-electron chi connectivity index (χ3n) is 3.46. The molecule has 0 atom stereocenters. The topological polar surface area (TPSA) is 78.1 Å². The third kappa shape index (κ3) is 7.54. The minimum absolute atomic E-state index is 0.0825. The standard InChI is InChI=1S/C9H10N2O2S.C5H12N2.2C2H6/c1-2-14(12,13)9-7-5-3-4-6-8(7)10-11-9;1-7-4-2-6-3-5-7;2*1-2/h3-6H,2H2,1H3,(H,10,11);6H,2-5H2,1H3;2*1-2H3. The molecule has 3 rings (SSSR count). The lowest BCUT2D eigenvalue weighted by Gasteiger charge is -2.21. The number of hydrogen-bond acceptors (Lipinski definition) is 5. The van der Waals surface area contributed by atoms with E-state index in [-0.39, 0.29) is 10.8 Å². The lowest BCUT2D eigenvalue weighted by atomic mass is 10.3. The highest BCUT2D eigenvalue weighted by Gasteiger charge is 2.17. The molecule has 2 aromatic rings. The van der Waals surface area contributed by atoms with Crippen molar-refractivity contribution >= 4 is 20.7 Å². The molecular weight excluding hydrogens is 336 g/mol. The summed E-state index contributed by atoms with van der Waals surface area (Å²) < 4.78 is 23.2. The van der Waals surface area contributed by atoms with Gasteiger partial charge in [-0.2, -0.15) is 5.10 Å². The van der Waals surface area contributed by atoms with Crippen molar-refractivity contribution in [1.82, 2.24) is 20.4 Å². The summed E-state index contributed by atoms with van der Waals surface area (Å²) >= 11 is 0. The molecule has 0 saturated carbocycles. The van der Waals surface area contributed by atoms with Crippen molar-refractivity contribution in [3.8, 4) is 0 Å². The summed E-state index contributed by atoms with van der Waals surface area (Å²) in [5.74, 6) is 0.0825. The van der Waals surface area contributed by atoms with Crippen LogP contribution in [0.2, 0.25) is 0 Å². The number of fused-ring (bicyclic) bond motifs is 1. The molecule has 1 fully saturated rings. The molecule has 1 aliphatic rings. The Morgan fingerprint density at radius 1 is 1.08 bits per heavy atom. The number of nitrogens with zero attached hydrogens (tertiary/aromatic N) is 2. The Hall–Kier alpha value is -1.44. The van der Waals surface area contributed by atoms with Crippen LogP contribution >= 0.6 is 0 Å². The van der Waals surface area contributed by atoms with Crippen molar-refractivity contribution in [2.45, 2.75) is 39.6 Å². The predicted molar refractivity (Wildman–Crippen MR) is 107 cm³/mol. The van der Waals surface area contributed by atoms with Crippen LogP contribution in [0, 0.1) is 0 Å². The zero-order valence-electron chi connectivity index (χ0n) is 16.5. The molecule has 0 amide bonds. The summed E-state index contributed by atoms with van der Waals surface area (Å²) in [5, 5.41) is 10.6. The van der Waals surface area contributed by atoms with Crippen LogP contribution in [0.3, 0.4) is 0 Å². The summed E-state index contributed by atoms with van der Waals surface area (Å²) in [4.78, 5) is 2.33. The second-order valence-electron chi connectivity index (χ2n) is 5.03. The molecule has 7 heteroatoms. The fourth-order valence-electron chi connectivity index (χ4n) is 2.09. The highest BCUT2D eigenvalue weighted by atomic mass is 32.2. The fourth-order valence-corrected chi connectivity index (χ4v) is 3.07. The number of rotatable bonds is 2. The van der Waals surface area contributed by atoms with E-state index in [1.54, 1.807) is 25.1 Å². The van der Waals surface area contributed by atoms with Crippen molar-refractivity contribution in [3.63, 3.8) is 0 Å². The van der Waals surface area contributed by atoms with E-state index in [2.05, 4.69) is 27.5 Å². The average Bonchev–Trinajstić information content (AvgIpc) is 3.11. The minimum atomic E-state index is -3.20. The van der Waals surface area contributed by atoms with Gasteiger partial charge in [-0.1, -0.05) is 46.8 Å². The predicted octanol–water partition coefficient (Wildman–Crippen LogP) is 2.93. The molecule has 0 bridgehead atoms. The van der Waals surface area contributed by atoms with E-state index in [0.717, 1.165) is 13.1 Å².